The quantitative estimate of drug-likeness (QED) is 0.230. The highest BCUT2D eigenvalue weighted by molar-refractivity contribution is 5.99. The molecule has 5 rings (SSSR count). The Morgan fingerprint density at radius 2 is 1.72 bits per heavy atom. The van der Waals surface area contributed by atoms with Gasteiger partial charge < -0.3 is 20.3 Å². The third kappa shape index (κ3) is 5.91. The predicted octanol–water partition coefficient (Wildman–Crippen LogP) is 6.24. The van der Waals surface area contributed by atoms with Crippen molar-refractivity contribution < 1.29 is 14.7 Å². The van der Waals surface area contributed by atoms with E-state index in [1.807, 2.05) is 37.3 Å². The van der Waals surface area contributed by atoms with E-state index in [0.29, 0.717) is 24.6 Å². The summed E-state index contributed by atoms with van der Waals surface area (Å²) in [7, 11) is 0. The fourth-order valence-corrected chi connectivity index (χ4v) is 5.24. The largest absolute Gasteiger partial charge is 0.480 e. The lowest BCUT2D eigenvalue weighted by molar-refractivity contribution is -0.139. The molecule has 6 heteroatoms. The molecule has 1 amide bonds. The van der Waals surface area contributed by atoms with Gasteiger partial charge in [-0.25, -0.2) is 0 Å². The Balaban J connectivity index is 1.33. The van der Waals surface area contributed by atoms with Crippen LogP contribution in [0.3, 0.4) is 0 Å². The summed E-state index contributed by atoms with van der Waals surface area (Å²) in [5, 5.41) is 16.4. The lowest BCUT2D eigenvalue weighted by Gasteiger charge is -2.16. The summed E-state index contributed by atoms with van der Waals surface area (Å²) in [4.78, 5) is 24.3. The van der Waals surface area contributed by atoms with Gasteiger partial charge in [0.05, 0.1) is 6.04 Å². The second kappa shape index (κ2) is 11.1. The zero-order valence-electron chi connectivity index (χ0n) is 23.1. The van der Waals surface area contributed by atoms with Gasteiger partial charge in [-0.3, -0.25) is 9.59 Å². The number of nitrogens with one attached hydrogen (secondary N) is 2. The molecule has 2 atom stereocenters. The molecule has 1 aliphatic rings. The van der Waals surface area contributed by atoms with Crippen LogP contribution in [0.15, 0.2) is 66.7 Å². The summed E-state index contributed by atoms with van der Waals surface area (Å²) in [5.41, 5.74) is 8.78. The molecule has 1 aromatic heterocycles. The number of hydrogen-bond acceptors (Lipinski definition) is 3. The van der Waals surface area contributed by atoms with Crippen molar-refractivity contribution in [2.24, 2.45) is 0 Å². The van der Waals surface area contributed by atoms with Crippen LogP contribution in [0, 0.1) is 13.8 Å². The molecule has 0 unspecified atom stereocenters. The summed E-state index contributed by atoms with van der Waals surface area (Å²) >= 11 is 0. The SMILES string of the molecule is Cc1c(C)n(Cc2cccc(CN[C@@H](C)C(=O)O)c2)c2ccc(C(=O)N[C@@H](C)c3cccc(C4CC4)c3)cc12. The van der Waals surface area contributed by atoms with Crippen molar-refractivity contribution in [2.75, 3.05) is 0 Å². The maximum Gasteiger partial charge on any atom is 0.320 e. The number of aliphatic carboxylic acids is 1. The molecule has 202 valence electrons. The molecule has 6 nitrogen and oxygen atoms in total. The molecule has 3 N–H and O–H groups in total. The molecule has 1 saturated carbocycles. The molecule has 3 aromatic carbocycles. The monoisotopic (exact) mass is 523 g/mol. The van der Waals surface area contributed by atoms with Crippen molar-refractivity contribution in [3.05, 3.63) is 106 Å². The number of carboxylic acids is 1. The Kier molecular flexibility index (Phi) is 7.58. The smallest absolute Gasteiger partial charge is 0.320 e. The van der Waals surface area contributed by atoms with Gasteiger partial charge >= 0.3 is 5.97 Å². The third-order valence-corrected chi connectivity index (χ3v) is 8.02. The molecule has 39 heavy (non-hydrogen) atoms. The standard InChI is InChI=1S/C33H37N3O3/c1-20-23(4)36(19-25-8-5-7-24(15-25)18-34-22(3)33(38)39)31-14-13-29(17-30(20)31)32(37)35-21(2)27-9-6-10-28(16-27)26-11-12-26/h5-10,13-17,21-22,26,34H,11-12,18-19H2,1-4H3,(H,35,37)(H,38,39)/t21-,22-/m0/s1. The van der Waals surface area contributed by atoms with Crippen molar-refractivity contribution in [2.45, 2.75) is 71.6 Å². The van der Waals surface area contributed by atoms with Crippen LogP contribution >= 0.6 is 0 Å². The van der Waals surface area contributed by atoms with Crippen LogP contribution < -0.4 is 10.6 Å². The third-order valence-electron chi connectivity index (χ3n) is 8.02. The van der Waals surface area contributed by atoms with Gasteiger partial charge in [0.15, 0.2) is 0 Å². The molecule has 1 heterocycles. The van der Waals surface area contributed by atoms with Gasteiger partial charge in [0, 0.05) is 35.2 Å². The summed E-state index contributed by atoms with van der Waals surface area (Å²) in [6.45, 7) is 9.09. The number of amides is 1. The van der Waals surface area contributed by atoms with Gasteiger partial charge in [-0.2, -0.15) is 0 Å². The molecule has 0 aliphatic heterocycles. The molecule has 0 saturated heterocycles. The van der Waals surface area contributed by atoms with E-state index >= 15 is 0 Å². The molecular weight excluding hydrogens is 486 g/mol. The maximum atomic E-state index is 13.2. The average molecular weight is 524 g/mol. The lowest BCUT2D eigenvalue weighted by Crippen LogP contribution is -2.33. The van der Waals surface area contributed by atoms with E-state index < -0.39 is 12.0 Å². The Hall–Kier alpha value is -3.90. The first-order valence-corrected chi connectivity index (χ1v) is 13.8. The zero-order chi connectivity index (χ0) is 27.7. The topological polar surface area (TPSA) is 83.4 Å². The maximum absolute atomic E-state index is 13.2. The number of carbonyl (C=O) groups excluding carboxylic acids is 1. The Morgan fingerprint density at radius 3 is 2.46 bits per heavy atom. The average Bonchev–Trinajstić information content (AvgIpc) is 3.76. The second-order valence-electron chi connectivity index (χ2n) is 10.9. The Labute approximate surface area is 230 Å². The van der Waals surface area contributed by atoms with Crippen molar-refractivity contribution in [1.29, 1.82) is 0 Å². The molecule has 0 bridgehead atoms. The Morgan fingerprint density at radius 1 is 0.974 bits per heavy atom. The normalized spacial score (nSPS) is 14.8. The first-order valence-electron chi connectivity index (χ1n) is 13.8. The van der Waals surface area contributed by atoms with Gasteiger partial charge in [-0.05, 0) is 92.5 Å². The fourth-order valence-electron chi connectivity index (χ4n) is 5.24. The number of carboxylic acid groups (broad SMARTS) is 1. The molecule has 0 radical (unpaired) electrons. The highest BCUT2D eigenvalue weighted by atomic mass is 16.4. The zero-order valence-corrected chi connectivity index (χ0v) is 23.1. The highest BCUT2D eigenvalue weighted by Crippen LogP contribution is 2.40. The van der Waals surface area contributed by atoms with E-state index in [1.165, 1.54) is 18.4 Å². The number of hydrogen-bond donors (Lipinski definition) is 3. The van der Waals surface area contributed by atoms with Crippen LogP contribution in [-0.2, 0) is 17.9 Å². The number of rotatable bonds is 10. The fraction of sp³-hybridized carbons (Fsp3) is 0.333. The Bertz CT molecular complexity index is 1530. The van der Waals surface area contributed by atoms with Crippen molar-refractivity contribution in [3.8, 4) is 0 Å². The molecule has 0 spiro atoms. The van der Waals surface area contributed by atoms with Crippen molar-refractivity contribution in [3.63, 3.8) is 0 Å². The summed E-state index contributed by atoms with van der Waals surface area (Å²) in [6.07, 6.45) is 2.52. The number of fused-ring (bicyclic) bond motifs is 1. The van der Waals surface area contributed by atoms with E-state index in [-0.39, 0.29) is 11.9 Å². The predicted molar refractivity (Wildman–Crippen MR) is 155 cm³/mol. The summed E-state index contributed by atoms with van der Waals surface area (Å²) < 4.78 is 2.28. The first-order chi connectivity index (χ1) is 18.7. The van der Waals surface area contributed by atoms with Crippen LogP contribution in [-0.4, -0.2) is 27.6 Å². The van der Waals surface area contributed by atoms with E-state index in [9.17, 15) is 9.59 Å². The van der Waals surface area contributed by atoms with E-state index in [0.717, 1.165) is 38.9 Å². The van der Waals surface area contributed by atoms with E-state index in [1.54, 1.807) is 6.92 Å². The van der Waals surface area contributed by atoms with Gasteiger partial charge in [0.1, 0.15) is 6.04 Å². The van der Waals surface area contributed by atoms with E-state index in [4.69, 9.17) is 5.11 Å². The van der Waals surface area contributed by atoms with E-state index in [2.05, 4.69) is 65.4 Å². The molecule has 4 aromatic rings. The summed E-state index contributed by atoms with van der Waals surface area (Å²) in [5.74, 6) is -0.242. The van der Waals surface area contributed by atoms with Crippen molar-refractivity contribution in [1.82, 2.24) is 15.2 Å². The number of carbonyl (C=O) groups is 2. The van der Waals surface area contributed by atoms with Crippen LogP contribution in [0.2, 0.25) is 0 Å². The molecule has 1 fully saturated rings. The van der Waals surface area contributed by atoms with Gasteiger partial charge in [0.25, 0.3) is 5.91 Å². The minimum Gasteiger partial charge on any atom is -0.480 e. The molecule has 1 aliphatic carbocycles. The van der Waals surface area contributed by atoms with Crippen LogP contribution in [0.1, 0.15) is 82.5 Å². The lowest BCUT2D eigenvalue weighted by atomic mass is 10.0. The summed E-state index contributed by atoms with van der Waals surface area (Å²) in [6, 6.07) is 22.1. The second-order valence-corrected chi connectivity index (χ2v) is 10.9. The van der Waals surface area contributed by atoms with Gasteiger partial charge in [-0.1, -0.05) is 48.5 Å². The van der Waals surface area contributed by atoms with Crippen molar-refractivity contribution >= 4 is 22.8 Å². The van der Waals surface area contributed by atoms with Gasteiger partial charge in [-0.15, -0.1) is 0 Å². The number of benzene rings is 3. The first kappa shape index (κ1) is 26.7. The minimum absolute atomic E-state index is 0.0678. The number of aryl methyl sites for hydroxylation is 1. The minimum atomic E-state index is -0.860. The van der Waals surface area contributed by atoms with Crippen LogP contribution in [0.5, 0.6) is 0 Å². The van der Waals surface area contributed by atoms with Crippen LogP contribution in [0.25, 0.3) is 10.9 Å². The van der Waals surface area contributed by atoms with Gasteiger partial charge in [0.2, 0.25) is 0 Å². The number of nitrogens with zero attached hydrogens (tertiary/aromatic N) is 1. The number of aromatic nitrogens is 1. The van der Waals surface area contributed by atoms with Crippen LogP contribution in [0.4, 0.5) is 0 Å². The highest BCUT2D eigenvalue weighted by Gasteiger charge is 2.24. The molecular formula is C33H37N3O3.